The highest BCUT2D eigenvalue weighted by molar-refractivity contribution is 5.82. The van der Waals surface area contributed by atoms with Crippen molar-refractivity contribution < 1.29 is 19.4 Å². The lowest BCUT2D eigenvalue weighted by Crippen LogP contribution is -2.34. The van der Waals surface area contributed by atoms with Crippen molar-refractivity contribution in [2.24, 2.45) is 5.41 Å². The zero-order valence-electron chi connectivity index (χ0n) is 7.53. The fourth-order valence-corrected chi connectivity index (χ4v) is 2.00. The predicted octanol–water partition coefficient (Wildman–Crippen LogP) is 0.516. The van der Waals surface area contributed by atoms with Gasteiger partial charge in [0.05, 0.1) is 18.1 Å². The van der Waals surface area contributed by atoms with Crippen molar-refractivity contribution in [1.82, 2.24) is 5.32 Å². The van der Waals surface area contributed by atoms with Gasteiger partial charge in [0.25, 0.3) is 0 Å². The second kappa shape index (κ2) is 3.01. The zero-order chi connectivity index (χ0) is 10.2. The number of hydrogen-bond acceptors (Lipinski definition) is 3. The van der Waals surface area contributed by atoms with Gasteiger partial charge in [0, 0.05) is 6.42 Å². The largest absolute Gasteiger partial charge is 0.465 e. The minimum absolute atomic E-state index is 0.233. The molecule has 2 N–H and O–H groups in total. The van der Waals surface area contributed by atoms with E-state index in [2.05, 4.69) is 5.32 Å². The highest BCUT2D eigenvalue weighted by Gasteiger charge is 2.46. The van der Waals surface area contributed by atoms with Gasteiger partial charge in [-0.15, -0.1) is 0 Å². The second-order valence-electron chi connectivity index (χ2n) is 3.66. The number of rotatable bonds is 1. The molecule has 0 aromatic rings. The molecule has 5 heteroatoms. The van der Waals surface area contributed by atoms with Crippen molar-refractivity contribution in [3.8, 4) is 0 Å². The molecule has 2 rings (SSSR count). The van der Waals surface area contributed by atoms with Gasteiger partial charge in [-0.2, -0.15) is 0 Å². The summed E-state index contributed by atoms with van der Waals surface area (Å²) in [7, 11) is 0. The lowest BCUT2D eigenvalue weighted by Gasteiger charge is -2.17. The number of esters is 1. The minimum Gasteiger partial charge on any atom is -0.465 e. The highest BCUT2D eigenvalue weighted by atomic mass is 16.5. The van der Waals surface area contributed by atoms with Gasteiger partial charge >= 0.3 is 12.1 Å². The molecule has 76 valence electrons. The third-order valence-electron chi connectivity index (χ3n) is 2.73. The molecule has 1 aliphatic heterocycles. The van der Waals surface area contributed by atoms with Gasteiger partial charge in [-0.3, -0.25) is 4.79 Å². The van der Waals surface area contributed by atoms with Crippen molar-refractivity contribution in [2.75, 3.05) is 6.61 Å². The summed E-state index contributed by atoms with van der Waals surface area (Å²) in [6, 6.07) is -0.266. The Bertz CT molecular complexity index is 312. The lowest BCUT2D eigenvalue weighted by atomic mass is 9.85. The van der Waals surface area contributed by atoms with Gasteiger partial charge < -0.3 is 15.2 Å². The molecular formula is C9H11NO4. The Labute approximate surface area is 80.7 Å². The third-order valence-corrected chi connectivity index (χ3v) is 2.73. The van der Waals surface area contributed by atoms with E-state index in [0.29, 0.717) is 19.4 Å². The average molecular weight is 197 g/mol. The number of cyclic esters (lactones) is 1. The molecule has 1 aliphatic carbocycles. The molecule has 0 saturated carbocycles. The molecule has 1 spiro atoms. The maximum absolute atomic E-state index is 11.4. The summed E-state index contributed by atoms with van der Waals surface area (Å²) in [4.78, 5) is 21.8. The van der Waals surface area contributed by atoms with Gasteiger partial charge in [-0.1, -0.05) is 12.2 Å². The maximum atomic E-state index is 11.4. The van der Waals surface area contributed by atoms with Crippen LogP contribution >= 0.6 is 0 Å². The monoisotopic (exact) mass is 197 g/mol. The Morgan fingerprint density at radius 3 is 3.07 bits per heavy atom. The van der Waals surface area contributed by atoms with Crippen LogP contribution in [-0.2, 0) is 9.53 Å². The molecule has 0 aromatic carbocycles. The topological polar surface area (TPSA) is 75.6 Å². The highest BCUT2D eigenvalue weighted by Crippen LogP contribution is 2.40. The molecule has 5 nitrogen and oxygen atoms in total. The molecular weight excluding hydrogens is 186 g/mol. The van der Waals surface area contributed by atoms with E-state index in [1.807, 2.05) is 0 Å². The van der Waals surface area contributed by atoms with Crippen LogP contribution in [0.4, 0.5) is 4.79 Å². The first-order chi connectivity index (χ1) is 6.62. The zero-order valence-corrected chi connectivity index (χ0v) is 7.53. The summed E-state index contributed by atoms with van der Waals surface area (Å²) < 4.78 is 4.88. The molecule has 1 heterocycles. The molecule has 0 aromatic heterocycles. The van der Waals surface area contributed by atoms with E-state index < -0.39 is 11.5 Å². The van der Waals surface area contributed by atoms with Crippen molar-refractivity contribution in [3.05, 3.63) is 12.2 Å². The molecule has 0 radical (unpaired) electrons. The summed E-state index contributed by atoms with van der Waals surface area (Å²) in [5.74, 6) is -0.233. The van der Waals surface area contributed by atoms with Crippen LogP contribution in [0.5, 0.6) is 0 Å². The molecule has 2 aliphatic rings. The van der Waals surface area contributed by atoms with Crippen molar-refractivity contribution in [1.29, 1.82) is 0 Å². The van der Waals surface area contributed by atoms with E-state index in [1.165, 1.54) is 0 Å². The van der Waals surface area contributed by atoms with E-state index in [4.69, 9.17) is 9.84 Å². The fraction of sp³-hybridized carbons (Fsp3) is 0.556. The molecule has 0 unspecified atom stereocenters. The van der Waals surface area contributed by atoms with E-state index in [-0.39, 0.29) is 12.0 Å². The van der Waals surface area contributed by atoms with E-state index >= 15 is 0 Å². The lowest BCUT2D eigenvalue weighted by molar-refractivity contribution is -0.144. The molecule has 14 heavy (non-hydrogen) atoms. The fourth-order valence-electron chi connectivity index (χ4n) is 2.00. The van der Waals surface area contributed by atoms with Gasteiger partial charge in [0.1, 0.15) is 0 Å². The van der Waals surface area contributed by atoms with Gasteiger partial charge in [-0.25, -0.2) is 4.79 Å². The second-order valence-corrected chi connectivity index (χ2v) is 3.66. The van der Waals surface area contributed by atoms with Crippen LogP contribution in [0.2, 0.25) is 0 Å². The number of carboxylic acid groups (broad SMARTS) is 1. The van der Waals surface area contributed by atoms with Crippen molar-refractivity contribution in [2.45, 2.75) is 18.9 Å². The van der Waals surface area contributed by atoms with Crippen LogP contribution in [0.1, 0.15) is 12.8 Å². The van der Waals surface area contributed by atoms with Crippen LogP contribution < -0.4 is 5.32 Å². The Hall–Kier alpha value is -1.52. The van der Waals surface area contributed by atoms with Gasteiger partial charge in [-0.05, 0) is 6.42 Å². The molecule has 1 amide bonds. The number of ether oxygens (including phenoxy) is 1. The minimum atomic E-state index is -1.07. The number of nitrogens with one attached hydrogen (secondary N) is 1. The Kier molecular flexibility index (Phi) is 1.94. The van der Waals surface area contributed by atoms with E-state index in [1.54, 1.807) is 12.2 Å². The third kappa shape index (κ3) is 1.34. The summed E-state index contributed by atoms with van der Waals surface area (Å²) in [6.45, 7) is 0.433. The quantitative estimate of drug-likeness (QED) is 0.474. The molecule has 1 saturated heterocycles. The van der Waals surface area contributed by atoms with Crippen LogP contribution in [0.15, 0.2) is 12.2 Å². The van der Waals surface area contributed by atoms with Gasteiger partial charge in [0.2, 0.25) is 0 Å². The Morgan fingerprint density at radius 1 is 1.71 bits per heavy atom. The van der Waals surface area contributed by atoms with Crippen molar-refractivity contribution in [3.63, 3.8) is 0 Å². The van der Waals surface area contributed by atoms with Crippen molar-refractivity contribution >= 4 is 12.1 Å². The number of carbonyl (C=O) groups excluding carboxylic acids is 1. The molecule has 2 atom stereocenters. The summed E-state index contributed by atoms with van der Waals surface area (Å²) in [6.07, 6.45) is 3.56. The first kappa shape index (κ1) is 9.05. The Morgan fingerprint density at radius 2 is 2.50 bits per heavy atom. The SMILES string of the molecule is O=C(O)N[C@@H]1C=C[C@@]2(CCOC2=O)C1. The van der Waals surface area contributed by atoms with Crippen LogP contribution in [-0.4, -0.2) is 29.8 Å². The Balaban J connectivity index is 2.04. The smallest absolute Gasteiger partial charge is 0.405 e. The summed E-state index contributed by atoms with van der Waals surface area (Å²) in [5, 5.41) is 10.8. The number of amides is 1. The summed E-state index contributed by atoms with van der Waals surface area (Å²) in [5.41, 5.74) is -0.562. The maximum Gasteiger partial charge on any atom is 0.405 e. The first-order valence-corrected chi connectivity index (χ1v) is 4.48. The van der Waals surface area contributed by atoms with Gasteiger partial charge in [0.15, 0.2) is 0 Å². The average Bonchev–Trinajstić information content (AvgIpc) is 2.62. The van der Waals surface area contributed by atoms with Crippen LogP contribution in [0.25, 0.3) is 0 Å². The van der Waals surface area contributed by atoms with Crippen LogP contribution in [0.3, 0.4) is 0 Å². The number of carbonyl (C=O) groups is 2. The van der Waals surface area contributed by atoms with E-state index in [0.717, 1.165) is 0 Å². The predicted molar refractivity (Wildman–Crippen MR) is 46.7 cm³/mol. The standard InChI is InChI=1S/C9H11NO4/c11-7-9(3-4-14-7)2-1-6(5-9)10-8(12)13/h1-2,6,10H,3-5H2,(H,12,13)/t6-,9-/m1/s1. The van der Waals surface area contributed by atoms with Crippen LogP contribution in [0, 0.1) is 5.41 Å². The van der Waals surface area contributed by atoms with E-state index in [9.17, 15) is 9.59 Å². The number of hydrogen-bond donors (Lipinski definition) is 2. The summed E-state index contributed by atoms with van der Waals surface area (Å²) >= 11 is 0. The molecule has 0 bridgehead atoms. The first-order valence-electron chi connectivity index (χ1n) is 4.48. The normalized spacial score (nSPS) is 34.9. The molecule has 1 fully saturated rings.